The van der Waals surface area contributed by atoms with E-state index in [0.29, 0.717) is 19.6 Å². The van der Waals surface area contributed by atoms with E-state index in [0.717, 1.165) is 52.0 Å². The molecule has 8 nitrogen and oxygen atoms in total. The fraction of sp³-hybridized carbons (Fsp3) is 0.722. The molecule has 2 fully saturated rings. The highest BCUT2D eigenvalue weighted by atomic mass is 16.2. The monoisotopic (exact) mass is 362 g/mol. The van der Waals surface area contributed by atoms with Crippen LogP contribution in [-0.4, -0.2) is 89.3 Å². The second-order valence-corrected chi connectivity index (χ2v) is 7.24. The molecule has 0 aliphatic carbocycles. The van der Waals surface area contributed by atoms with E-state index in [-0.39, 0.29) is 17.9 Å². The molecule has 3 heterocycles. The predicted octanol–water partition coefficient (Wildman–Crippen LogP) is 0.469. The number of rotatable bonds is 5. The summed E-state index contributed by atoms with van der Waals surface area (Å²) in [5.74, 6) is 0.347. The quantitative estimate of drug-likeness (QED) is 0.773. The summed E-state index contributed by atoms with van der Waals surface area (Å²) in [5, 5.41) is 7.12. The molecule has 0 aromatic carbocycles. The highest BCUT2D eigenvalue weighted by molar-refractivity contribution is 5.80. The Hall–Kier alpha value is -2.09. The van der Waals surface area contributed by atoms with Crippen molar-refractivity contribution >= 4 is 11.9 Å². The molecule has 2 aliphatic heterocycles. The first-order chi connectivity index (χ1) is 12.6. The Balaban J connectivity index is 1.33. The average Bonchev–Trinajstić information content (AvgIpc) is 3.19. The van der Waals surface area contributed by atoms with Crippen LogP contribution in [0.3, 0.4) is 0 Å². The minimum Gasteiger partial charge on any atom is -0.340 e. The molecule has 0 bridgehead atoms. The third-order valence-corrected chi connectivity index (χ3v) is 5.35. The van der Waals surface area contributed by atoms with Crippen LogP contribution in [0.1, 0.15) is 19.3 Å². The molecule has 8 heteroatoms. The number of nitrogens with one attached hydrogen (secondary N) is 1. The van der Waals surface area contributed by atoms with Gasteiger partial charge >= 0.3 is 6.03 Å². The third kappa shape index (κ3) is 4.97. The first-order valence-electron chi connectivity index (χ1n) is 9.61. The van der Waals surface area contributed by atoms with Gasteiger partial charge in [-0.25, -0.2) is 4.79 Å². The highest BCUT2D eigenvalue weighted by Gasteiger charge is 2.31. The molecule has 0 unspecified atom stereocenters. The van der Waals surface area contributed by atoms with Crippen molar-refractivity contribution in [3.05, 3.63) is 18.5 Å². The molecule has 144 valence electrons. The number of amides is 3. The lowest BCUT2D eigenvalue weighted by atomic mass is 9.95. The number of aromatic nitrogens is 2. The van der Waals surface area contributed by atoms with E-state index in [1.807, 2.05) is 26.7 Å². The fourth-order valence-corrected chi connectivity index (χ4v) is 3.60. The van der Waals surface area contributed by atoms with Crippen molar-refractivity contribution in [1.82, 2.24) is 29.8 Å². The second kappa shape index (κ2) is 9.02. The fourth-order valence-electron chi connectivity index (χ4n) is 3.60. The van der Waals surface area contributed by atoms with Crippen LogP contribution >= 0.6 is 0 Å². The molecule has 26 heavy (non-hydrogen) atoms. The number of piperazine rings is 1. The first-order valence-corrected chi connectivity index (χ1v) is 9.61. The van der Waals surface area contributed by atoms with E-state index in [4.69, 9.17) is 0 Å². The summed E-state index contributed by atoms with van der Waals surface area (Å²) in [6, 6.07) is 1.88. The van der Waals surface area contributed by atoms with Gasteiger partial charge in [-0.05, 0) is 32.4 Å². The van der Waals surface area contributed by atoms with E-state index < -0.39 is 0 Å². The van der Waals surface area contributed by atoms with Gasteiger partial charge in [0.25, 0.3) is 0 Å². The summed E-state index contributed by atoms with van der Waals surface area (Å²) < 4.78 is 1.86. The van der Waals surface area contributed by atoms with Gasteiger partial charge in [0.15, 0.2) is 0 Å². The molecule has 2 saturated heterocycles. The summed E-state index contributed by atoms with van der Waals surface area (Å²) in [7, 11) is 2.09. The highest BCUT2D eigenvalue weighted by Crippen LogP contribution is 2.20. The lowest BCUT2D eigenvalue weighted by molar-refractivity contribution is -0.138. The molecule has 3 rings (SSSR count). The lowest BCUT2D eigenvalue weighted by Crippen LogP contribution is -2.51. The Morgan fingerprint density at radius 1 is 1.08 bits per heavy atom. The van der Waals surface area contributed by atoms with Crippen LogP contribution in [-0.2, 0) is 11.3 Å². The molecule has 1 aromatic heterocycles. The minimum absolute atomic E-state index is 0.0176. The van der Waals surface area contributed by atoms with E-state index in [1.165, 1.54) is 0 Å². The van der Waals surface area contributed by atoms with E-state index >= 15 is 0 Å². The molecule has 1 aromatic rings. The van der Waals surface area contributed by atoms with E-state index in [2.05, 4.69) is 22.4 Å². The Morgan fingerprint density at radius 2 is 1.81 bits per heavy atom. The molecule has 0 atom stereocenters. The van der Waals surface area contributed by atoms with Crippen LogP contribution in [0.5, 0.6) is 0 Å². The largest absolute Gasteiger partial charge is 0.340 e. The Kier molecular flexibility index (Phi) is 6.49. The molecule has 0 radical (unpaired) electrons. The van der Waals surface area contributed by atoms with Crippen molar-refractivity contribution in [2.24, 2.45) is 5.92 Å². The Labute approximate surface area is 155 Å². The van der Waals surface area contributed by atoms with Crippen molar-refractivity contribution in [1.29, 1.82) is 0 Å². The normalized spacial score (nSPS) is 19.6. The zero-order valence-electron chi connectivity index (χ0n) is 15.6. The van der Waals surface area contributed by atoms with Crippen LogP contribution in [0.15, 0.2) is 18.5 Å². The molecule has 0 spiro atoms. The van der Waals surface area contributed by atoms with Crippen LogP contribution in [0.25, 0.3) is 0 Å². The predicted molar refractivity (Wildman–Crippen MR) is 98.6 cm³/mol. The standard InChI is InChI=1S/C18H30N6O2/c1-21-12-14-22(15-13-21)17(25)16-4-10-23(11-5-16)18(26)19-6-2-8-24-9-3-7-20-24/h3,7,9,16H,2,4-6,8,10-15H2,1H3,(H,19,26). The molecule has 0 saturated carbocycles. The summed E-state index contributed by atoms with van der Waals surface area (Å²) in [6.45, 7) is 6.31. The van der Waals surface area contributed by atoms with Crippen molar-refractivity contribution < 1.29 is 9.59 Å². The molecular weight excluding hydrogens is 332 g/mol. The van der Waals surface area contributed by atoms with Gasteiger partial charge in [-0.3, -0.25) is 9.48 Å². The minimum atomic E-state index is -0.0176. The maximum absolute atomic E-state index is 12.6. The Bertz CT molecular complexity index is 575. The van der Waals surface area contributed by atoms with Gasteiger partial charge < -0.3 is 20.0 Å². The second-order valence-electron chi connectivity index (χ2n) is 7.24. The van der Waals surface area contributed by atoms with Gasteiger partial charge in [0.05, 0.1) is 0 Å². The van der Waals surface area contributed by atoms with Crippen LogP contribution < -0.4 is 5.32 Å². The number of hydrogen-bond acceptors (Lipinski definition) is 4. The van der Waals surface area contributed by atoms with Gasteiger partial charge in [0, 0.05) is 70.7 Å². The molecular formula is C18H30N6O2. The zero-order chi connectivity index (χ0) is 18.4. The van der Waals surface area contributed by atoms with E-state index in [9.17, 15) is 9.59 Å². The maximum atomic E-state index is 12.6. The van der Waals surface area contributed by atoms with Crippen LogP contribution in [0, 0.1) is 5.92 Å². The van der Waals surface area contributed by atoms with Gasteiger partial charge in [0.1, 0.15) is 0 Å². The number of urea groups is 1. The molecule has 1 N–H and O–H groups in total. The topological polar surface area (TPSA) is 73.7 Å². The van der Waals surface area contributed by atoms with Crippen molar-refractivity contribution in [2.45, 2.75) is 25.8 Å². The number of carbonyl (C=O) groups excluding carboxylic acids is 2. The summed E-state index contributed by atoms with van der Waals surface area (Å²) >= 11 is 0. The van der Waals surface area contributed by atoms with Crippen molar-refractivity contribution in [3.8, 4) is 0 Å². The lowest BCUT2D eigenvalue weighted by Gasteiger charge is -2.37. The maximum Gasteiger partial charge on any atom is 0.317 e. The van der Waals surface area contributed by atoms with Gasteiger partial charge in [-0.2, -0.15) is 5.10 Å². The number of aryl methyl sites for hydroxylation is 1. The number of likely N-dealkylation sites (tertiary alicyclic amines) is 1. The SMILES string of the molecule is CN1CCN(C(=O)C2CCN(C(=O)NCCCn3cccn3)CC2)CC1. The van der Waals surface area contributed by atoms with Gasteiger partial charge in [-0.15, -0.1) is 0 Å². The summed E-state index contributed by atoms with van der Waals surface area (Å²) in [6.07, 6.45) is 6.07. The number of likely N-dealkylation sites (N-methyl/N-ethyl adjacent to an activating group) is 1. The number of piperidine rings is 1. The van der Waals surface area contributed by atoms with Crippen molar-refractivity contribution in [2.75, 3.05) is 52.9 Å². The molecule has 3 amide bonds. The van der Waals surface area contributed by atoms with Crippen LogP contribution in [0.4, 0.5) is 4.79 Å². The summed E-state index contributed by atoms with van der Waals surface area (Å²) in [4.78, 5) is 31.0. The zero-order valence-corrected chi connectivity index (χ0v) is 15.6. The average molecular weight is 362 g/mol. The van der Waals surface area contributed by atoms with Gasteiger partial charge in [0.2, 0.25) is 5.91 Å². The summed E-state index contributed by atoms with van der Waals surface area (Å²) in [5.41, 5.74) is 0. The van der Waals surface area contributed by atoms with E-state index in [1.54, 1.807) is 6.20 Å². The smallest absolute Gasteiger partial charge is 0.317 e. The first kappa shape index (κ1) is 18.7. The number of hydrogen-bond donors (Lipinski definition) is 1. The molecule has 2 aliphatic rings. The number of carbonyl (C=O) groups is 2. The van der Waals surface area contributed by atoms with Crippen LogP contribution in [0.2, 0.25) is 0 Å². The number of nitrogens with zero attached hydrogens (tertiary/aromatic N) is 5. The Morgan fingerprint density at radius 3 is 2.46 bits per heavy atom. The van der Waals surface area contributed by atoms with Crippen molar-refractivity contribution in [3.63, 3.8) is 0 Å². The third-order valence-electron chi connectivity index (χ3n) is 5.35. The van der Waals surface area contributed by atoms with Gasteiger partial charge in [-0.1, -0.05) is 0 Å².